The van der Waals surface area contributed by atoms with Crippen LogP contribution in [0.25, 0.3) is 16.6 Å². The van der Waals surface area contributed by atoms with Gasteiger partial charge in [0, 0.05) is 24.6 Å². The molecule has 3 aromatic rings. The number of rotatable bonds is 6. The summed E-state index contributed by atoms with van der Waals surface area (Å²) >= 11 is 0. The van der Waals surface area contributed by atoms with Crippen molar-refractivity contribution in [3.05, 3.63) is 54.1 Å². The molecule has 10 heteroatoms. The number of ketones is 2. The van der Waals surface area contributed by atoms with Crippen molar-refractivity contribution in [2.75, 3.05) is 25.7 Å². The summed E-state index contributed by atoms with van der Waals surface area (Å²) in [7, 11) is 3.02. The van der Waals surface area contributed by atoms with Crippen LogP contribution in [0.3, 0.4) is 0 Å². The van der Waals surface area contributed by atoms with Gasteiger partial charge in [-0.15, -0.1) is 0 Å². The first kappa shape index (κ1) is 23.4. The second-order valence-electron chi connectivity index (χ2n) is 8.78. The van der Waals surface area contributed by atoms with Crippen LogP contribution < -0.4 is 20.1 Å². The smallest absolute Gasteiger partial charge is 0.316 e. The average Bonchev–Trinajstić information content (AvgIpc) is 3.51. The minimum absolute atomic E-state index is 0.0759. The third-order valence-corrected chi connectivity index (χ3v) is 6.76. The van der Waals surface area contributed by atoms with Gasteiger partial charge in [0.15, 0.2) is 5.78 Å². The third kappa shape index (κ3) is 3.48. The van der Waals surface area contributed by atoms with Crippen LogP contribution in [0.2, 0.25) is 0 Å². The lowest BCUT2D eigenvalue weighted by molar-refractivity contribution is -0.150. The average molecular weight is 491 g/mol. The fourth-order valence-corrected chi connectivity index (χ4v) is 5.14. The van der Waals surface area contributed by atoms with E-state index in [0.29, 0.717) is 28.5 Å². The van der Waals surface area contributed by atoms with Crippen LogP contribution in [-0.2, 0) is 19.1 Å². The monoisotopic (exact) mass is 490 g/mol. The summed E-state index contributed by atoms with van der Waals surface area (Å²) in [6.07, 6.45) is -0.285. The van der Waals surface area contributed by atoms with Crippen LogP contribution in [0.15, 0.2) is 48.3 Å². The maximum Gasteiger partial charge on any atom is 0.316 e. The molecule has 36 heavy (non-hydrogen) atoms. The van der Waals surface area contributed by atoms with Gasteiger partial charge in [-0.2, -0.15) is 0 Å². The van der Waals surface area contributed by atoms with Crippen molar-refractivity contribution in [2.45, 2.75) is 25.3 Å². The summed E-state index contributed by atoms with van der Waals surface area (Å²) in [6.45, 7) is 1.80. The lowest BCUT2D eigenvalue weighted by atomic mass is 9.88. The number of ether oxygens (including phenoxy) is 3. The molecule has 2 heterocycles. The van der Waals surface area contributed by atoms with Crippen LogP contribution >= 0.6 is 0 Å². The van der Waals surface area contributed by atoms with E-state index >= 15 is 0 Å². The highest BCUT2D eigenvalue weighted by Crippen LogP contribution is 2.50. The Morgan fingerprint density at radius 1 is 1.17 bits per heavy atom. The number of para-hydroxylation sites is 2. The first-order valence-corrected chi connectivity index (χ1v) is 11.5. The second kappa shape index (κ2) is 8.71. The first-order chi connectivity index (χ1) is 17.3. The normalized spacial score (nSPS) is 21.6. The van der Waals surface area contributed by atoms with Crippen LogP contribution in [-0.4, -0.2) is 53.9 Å². The Bertz CT molecular complexity index is 1370. The van der Waals surface area contributed by atoms with Gasteiger partial charge in [-0.25, -0.2) is 4.98 Å². The van der Waals surface area contributed by atoms with Crippen molar-refractivity contribution < 1.29 is 28.6 Å². The molecule has 2 atom stereocenters. The van der Waals surface area contributed by atoms with E-state index in [2.05, 4.69) is 9.97 Å². The summed E-state index contributed by atoms with van der Waals surface area (Å²) in [6, 6.07) is 12.5. The second-order valence-corrected chi connectivity index (χ2v) is 8.78. The van der Waals surface area contributed by atoms with E-state index in [9.17, 15) is 14.4 Å². The molecule has 1 aliphatic carbocycles. The number of imidazole rings is 1. The molecule has 3 N–H and O–H groups in total. The zero-order chi connectivity index (χ0) is 25.6. The predicted octanol–water partition coefficient (Wildman–Crippen LogP) is 2.58. The Hall–Kier alpha value is -4.34. The van der Waals surface area contributed by atoms with Crippen LogP contribution in [0.1, 0.15) is 25.6 Å². The topological polar surface area (TPSA) is 137 Å². The Morgan fingerprint density at radius 2 is 1.86 bits per heavy atom. The number of fused-ring (bicyclic) bond motifs is 1. The molecular weight excluding hydrogens is 464 g/mol. The number of aromatic amines is 1. The van der Waals surface area contributed by atoms with Gasteiger partial charge in [0.2, 0.25) is 0 Å². The van der Waals surface area contributed by atoms with Crippen molar-refractivity contribution in [1.82, 2.24) is 9.97 Å². The molecule has 0 amide bonds. The van der Waals surface area contributed by atoms with Crippen molar-refractivity contribution >= 4 is 39.8 Å². The third-order valence-electron chi connectivity index (χ3n) is 6.76. The van der Waals surface area contributed by atoms with Gasteiger partial charge < -0.3 is 29.8 Å². The van der Waals surface area contributed by atoms with Gasteiger partial charge in [-0.3, -0.25) is 14.4 Å². The van der Waals surface area contributed by atoms with Gasteiger partial charge in [-0.1, -0.05) is 12.1 Å². The number of carbonyl (C=O) groups excluding carboxylic acids is 3. The largest absolute Gasteiger partial charge is 0.497 e. The van der Waals surface area contributed by atoms with Crippen molar-refractivity contribution in [1.29, 1.82) is 0 Å². The Morgan fingerprint density at radius 3 is 2.50 bits per heavy atom. The molecule has 1 spiro atoms. The summed E-state index contributed by atoms with van der Waals surface area (Å²) in [5, 5.41) is 0. The first-order valence-electron chi connectivity index (χ1n) is 11.5. The SMILES string of the molecule is CCOC(=O)C1CC2(CC1=O)C(=O)C(c1nc3ccccc3[nH]1)=C(N)N2c1cc(OC)cc(OC)c1. The molecule has 10 nitrogen and oxygen atoms in total. The minimum atomic E-state index is -1.43. The fourth-order valence-electron chi connectivity index (χ4n) is 5.14. The Balaban J connectivity index is 1.70. The number of benzene rings is 2. The molecule has 1 fully saturated rings. The number of hydrogen-bond acceptors (Lipinski definition) is 9. The predicted molar refractivity (Wildman–Crippen MR) is 131 cm³/mol. The zero-order valence-corrected chi connectivity index (χ0v) is 20.2. The molecule has 1 aromatic heterocycles. The quantitative estimate of drug-likeness (QED) is 0.394. The number of aromatic nitrogens is 2. The number of carbonyl (C=O) groups is 3. The summed E-state index contributed by atoms with van der Waals surface area (Å²) in [5.41, 5.74) is 7.30. The number of nitrogens with zero attached hydrogens (tertiary/aromatic N) is 2. The summed E-state index contributed by atoms with van der Waals surface area (Å²) < 4.78 is 16.0. The molecule has 0 bridgehead atoms. The molecule has 2 aliphatic rings. The number of esters is 1. The molecule has 1 saturated carbocycles. The van der Waals surface area contributed by atoms with Crippen LogP contribution in [0.4, 0.5) is 5.69 Å². The lowest BCUT2D eigenvalue weighted by Crippen LogP contribution is -2.49. The van der Waals surface area contributed by atoms with Gasteiger partial charge in [0.25, 0.3) is 0 Å². The lowest BCUT2D eigenvalue weighted by Gasteiger charge is -2.36. The van der Waals surface area contributed by atoms with E-state index in [0.717, 1.165) is 5.52 Å². The Kier molecular flexibility index (Phi) is 5.66. The number of methoxy groups -OCH3 is 2. The van der Waals surface area contributed by atoms with E-state index in [4.69, 9.17) is 19.9 Å². The number of nitrogens with one attached hydrogen (secondary N) is 1. The van der Waals surface area contributed by atoms with Gasteiger partial charge in [0.1, 0.15) is 46.0 Å². The molecule has 2 aromatic carbocycles. The molecule has 1 aliphatic heterocycles. The van der Waals surface area contributed by atoms with Gasteiger partial charge in [-0.05, 0) is 25.5 Å². The highest BCUT2D eigenvalue weighted by molar-refractivity contribution is 6.32. The maximum absolute atomic E-state index is 14.2. The Labute approximate surface area is 207 Å². The van der Waals surface area contributed by atoms with Crippen molar-refractivity contribution in [3.8, 4) is 11.5 Å². The van der Waals surface area contributed by atoms with Crippen molar-refractivity contribution in [2.24, 2.45) is 11.7 Å². The molecule has 2 unspecified atom stereocenters. The van der Waals surface area contributed by atoms with Gasteiger partial charge >= 0.3 is 5.97 Å². The highest BCUT2D eigenvalue weighted by atomic mass is 16.5. The minimum Gasteiger partial charge on any atom is -0.497 e. The number of H-pyrrole nitrogens is 1. The standard InChI is InChI=1S/C26H26N4O6/c1-4-36-25(33)17-12-26(13-20(17)31)22(32)21(24-28-18-7-5-6-8-19(18)29-24)23(27)30(26)14-9-15(34-2)11-16(10-14)35-3/h5-11,17H,4,12-13,27H2,1-3H3,(H,28,29). The van der Waals surface area contributed by atoms with E-state index in [1.54, 1.807) is 30.0 Å². The van der Waals surface area contributed by atoms with Gasteiger partial charge in [0.05, 0.1) is 37.5 Å². The van der Waals surface area contributed by atoms with Crippen LogP contribution in [0.5, 0.6) is 11.5 Å². The van der Waals surface area contributed by atoms with E-state index in [1.807, 2.05) is 24.3 Å². The number of hydrogen-bond donors (Lipinski definition) is 2. The molecule has 0 radical (unpaired) electrons. The fraction of sp³-hybridized carbons (Fsp3) is 0.308. The molecule has 5 rings (SSSR count). The number of anilines is 1. The maximum atomic E-state index is 14.2. The summed E-state index contributed by atoms with van der Waals surface area (Å²) in [4.78, 5) is 49.3. The number of Topliss-reactive ketones (excluding diaryl/α,β-unsaturated/α-hetero) is 2. The highest BCUT2D eigenvalue weighted by Gasteiger charge is 2.61. The molecular formula is C26H26N4O6. The van der Waals surface area contributed by atoms with E-state index in [1.165, 1.54) is 14.2 Å². The van der Waals surface area contributed by atoms with Crippen molar-refractivity contribution in [3.63, 3.8) is 0 Å². The van der Waals surface area contributed by atoms with E-state index in [-0.39, 0.29) is 42.4 Å². The van der Waals surface area contributed by atoms with Crippen LogP contribution in [0, 0.1) is 5.92 Å². The van der Waals surface area contributed by atoms with E-state index < -0.39 is 17.4 Å². The molecule has 186 valence electrons. The zero-order valence-electron chi connectivity index (χ0n) is 20.2. The molecule has 0 saturated heterocycles. The number of nitrogens with two attached hydrogens (primary N) is 1. The summed E-state index contributed by atoms with van der Waals surface area (Å²) in [5.74, 6) is -1.13.